The first-order chi connectivity index (χ1) is 12.9. The van der Waals surface area contributed by atoms with Crippen molar-refractivity contribution in [2.24, 2.45) is 5.73 Å². The van der Waals surface area contributed by atoms with Crippen molar-refractivity contribution < 1.29 is 17.5 Å². The molecule has 2 N–H and O–H groups in total. The highest BCUT2D eigenvalue weighted by molar-refractivity contribution is 7.89. The van der Waals surface area contributed by atoms with Gasteiger partial charge in [-0.3, -0.25) is 4.90 Å². The summed E-state index contributed by atoms with van der Waals surface area (Å²) in [5.41, 5.74) is 6.27. The molecule has 6 nitrogen and oxygen atoms in total. The van der Waals surface area contributed by atoms with Crippen LogP contribution in [0.5, 0.6) is 0 Å². The molecule has 0 bridgehead atoms. The summed E-state index contributed by atoms with van der Waals surface area (Å²) in [6.45, 7) is 5.50. The zero-order valence-electron chi connectivity index (χ0n) is 16.3. The van der Waals surface area contributed by atoms with Crippen LogP contribution in [0.4, 0.5) is 4.39 Å². The molecule has 28 heavy (non-hydrogen) atoms. The Hall–Kier alpha value is -0.770. The van der Waals surface area contributed by atoms with Gasteiger partial charge in [0.1, 0.15) is 5.82 Å². The van der Waals surface area contributed by atoms with Gasteiger partial charge >= 0.3 is 0 Å². The Balaban J connectivity index is 0.00000280. The predicted molar refractivity (Wildman–Crippen MR) is 110 cm³/mol. The number of aryl methyl sites for hydroxylation is 1. The van der Waals surface area contributed by atoms with Crippen LogP contribution in [0.25, 0.3) is 0 Å². The third-order valence-electron chi connectivity index (χ3n) is 5.72. The average Bonchev–Trinajstić information content (AvgIpc) is 2.69. The number of piperidine rings is 1. The molecule has 0 atom stereocenters. The maximum absolute atomic E-state index is 13.8. The minimum Gasteiger partial charge on any atom is -0.381 e. The largest absolute Gasteiger partial charge is 0.381 e. The Morgan fingerprint density at radius 3 is 2.36 bits per heavy atom. The van der Waals surface area contributed by atoms with E-state index in [0.29, 0.717) is 37.3 Å². The Kier molecular flexibility index (Phi) is 8.66. The van der Waals surface area contributed by atoms with Crippen LogP contribution < -0.4 is 5.73 Å². The number of halogens is 2. The van der Waals surface area contributed by atoms with Crippen molar-refractivity contribution in [3.05, 3.63) is 29.6 Å². The summed E-state index contributed by atoms with van der Waals surface area (Å²) in [6.07, 6.45) is 3.54. The normalized spacial score (nSPS) is 20.3. The number of rotatable bonds is 6. The van der Waals surface area contributed by atoms with Gasteiger partial charge in [0.15, 0.2) is 0 Å². The number of nitrogens with zero attached hydrogens (tertiary/aromatic N) is 2. The molecule has 1 aromatic rings. The van der Waals surface area contributed by atoms with Gasteiger partial charge in [0.05, 0.1) is 4.90 Å². The Labute approximate surface area is 173 Å². The maximum atomic E-state index is 13.8. The summed E-state index contributed by atoms with van der Waals surface area (Å²) in [5.74, 6) is -0.486. The molecule has 2 heterocycles. The molecule has 0 spiro atoms. The second kappa shape index (κ2) is 10.3. The van der Waals surface area contributed by atoms with Gasteiger partial charge < -0.3 is 10.5 Å². The van der Waals surface area contributed by atoms with Crippen LogP contribution in [-0.2, 0) is 14.8 Å². The predicted octanol–water partition coefficient (Wildman–Crippen LogP) is 2.15. The van der Waals surface area contributed by atoms with E-state index in [9.17, 15) is 12.8 Å². The molecule has 2 fully saturated rings. The summed E-state index contributed by atoms with van der Waals surface area (Å²) in [5, 5.41) is 0. The second-order valence-corrected chi connectivity index (χ2v) is 9.35. The summed E-state index contributed by atoms with van der Waals surface area (Å²) >= 11 is 0. The molecule has 1 aromatic carbocycles. The summed E-state index contributed by atoms with van der Waals surface area (Å²) in [4.78, 5) is 2.49. The first-order valence-corrected chi connectivity index (χ1v) is 11.2. The van der Waals surface area contributed by atoms with E-state index < -0.39 is 15.8 Å². The molecular weight excluding hydrogens is 405 g/mol. The first-order valence-electron chi connectivity index (χ1n) is 9.73. The monoisotopic (exact) mass is 435 g/mol. The van der Waals surface area contributed by atoms with Crippen LogP contribution in [-0.4, -0.2) is 69.1 Å². The van der Waals surface area contributed by atoms with Crippen molar-refractivity contribution >= 4 is 22.4 Å². The number of benzene rings is 1. The lowest BCUT2D eigenvalue weighted by Crippen LogP contribution is -2.52. The zero-order valence-corrected chi connectivity index (χ0v) is 18.0. The highest BCUT2D eigenvalue weighted by Gasteiger charge is 2.34. The van der Waals surface area contributed by atoms with Gasteiger partial charge in [-0.2, -0.15) is 4.31 Å². The summed E-state index contributed by atoms with van der Waals surface area (Å²) in [7, 11) is -3.66. The molecule has 3 rings (SSSR count). The number of hydrogen-bond donors (Lipinski definition) is 1. The number of nitrogens with two attached hydrogens (primary N) is 1. The average molecular weight is 436 g/mol. The van der Waals surface area contributed by atoms with E-state index in [1.807, 2.05) is 0 Å². The lowest BCUT2D eigenvalue weighted by atomic mass is 9.99. The lowest BCUT2D eigenvalue weighted by molar-refractivity contribution is 0.00838. The van der Waals surface area contributed by atoms with Crippen LogP contribution in [0.2, 0.25) is 0 Å². The Morgan fingerprint density at radius 2 is 1.79 bits per heavy atom. The van der Waals surface area contributed by atoms with E-state index in [1.165, 1.54) is 16.4 Å². The van der Waals surface area contributed by atoms with Crippen LogP contribution in [0.15, 0.2) is 23.1 Å². The molecule has 9 heteroatoms. The van der Waals surface area contributed by atoms with Gasteiger partial charge in [0.2, 0.25) is 10.0 Å². The minimum absolute atomic E-state index is 0. The van der Waals surface area contributed by atoms with E-state index in [-0.39, 0.29) is 17.3 Å². The SMILES string of the molecule is Cc1ccc(S(=O)(=O)N2CCC(N(CCN)C3CCOCC3)CC2)cc1F.Cl. The molecule has 0 aromatic heterocycles. The topological polar surface area (TPSA) is 75.9 Å². The van der Waals surface area contributed by atoms with Crippen molar-refractivity contribution in [1.29, 1.82) is 0 Å². The van der Waals surface area contributed by atoms with E-state index in [4.69, 9.17) is 10.5 Å². The molecule has 0 radical (unpaired) electrons. The quantitative estimate of drug-likeness (QED) is 0.740. The molecule has 160 valence electrons. The summed E-state index contributed by atoms with van der Waals surface area (Å²) < 4.78 is 46.5. The fraction of sp³-hybridized carbons (Fsp3) is 0.684. The highest BCUT2D eigenvalue weighted by atomic mass is 35.5. The number of hydrogen-bond acceptors (Lipinski definition) is 5. The molecule has 2 aliphatic rings. The van der Waals surface area contributed by atoms with Crippen molar-refractivity contribution in [3.63, 3.8) is 0 Å². The third kappa shape index (κ3) is 5.23. The van der Waals surface area contributed by atoms with Crippen molar-refractivity contribution in [2.75, 3.05) is 39.4 Å². The van der Waals surface area contributed by atoms with Gasteiger partial charge in [-0.25, -0.2) is 12.8 Å². The van der Waals surface area contributed by atoms with Crippen molar-refractivity contribution in [2.45, 2.75) is 49.6 Å². The fourth-order valence-corrected chi connectivity index (χ4v) is 5.61. The van der Waals surface area contributed by atoms with E-state index >= 15 is 0 Å². The Bertz CT molecular complexity index is 736. The van der Waals surface area contributed by atoms with Crippen LogP contribution in [0.1, 0.15) is 31.2 Å². The minimum atomic E-state index is -3.66. The molecule has 0 aliphatic carbocycles. The smallest absolute Gasteiger partial charge is 0.243 e. The molecule has 0 amide bonds. The fourth-order valence-electron chi connectivity index (χ4n) is 4.13. The molecular formula is C19H31ClFN3O3S. The van der Waals surface area contributed by atoms with Gasteiger partial charge in [0, 0.05) is 51.5 Å². The highest BCUT2D eigenvalue weighted by Crippen LogP contribution is 2.27. The van der Waals surface area contributed by atoms with Gasteiger partial charge in [-0.15, -0.1) is 12.4 Å². The number of ether oxygens (including phenoxy) is 1. The van der Waals surface area contributed by atoms with E-state index in [0.717, 1.165) is 51.5 Å². The van der Waals surface area contributed by atoms with Crippen molar-refractivity contribution in [1.82, 2.24) is 9.21 Å². The zero-order chi connectivity index (χ0) is 19.4. The molecule has 0 saturated carbocycles. The molecule has 2 saturated heterocycles. The summed E-state index contributed by atoms with van der Waals surface area (Å²) in [6, 6.07) is 4.92. The molecule has 2 aliphatic heterocycles. The van der Waals surface area contributed by atoms with E-state index in [2.05, 4.69) is 4.90 Å². The van der Waals surface area contributed by atoms with E-state index in [1.54, 1.807) is 6.92 Å². The standard InChI is InChI=1S/C19H30FN3O3S.ClH/c1-15-2-3-18(14-19(15)20)27(24,25)22-9-4-16(5-10-22)23(11-8-21)17-6-12-26-13-7-17;/h2-3,14,16-17H,4-13,21H2,1H3;1H. The van der Waals surface area contributed by atoms with Crippen molar-refractivity contribution in [3.8, 4) is 0 Å². The van der Waals surface area contributed by atoms with Gasteiger partial charge in [-0.05, 0) is 50.3 Å². The Morgan fingerprint density at radius 1 is 1.18 bits per heavy atom. The van der Waals surface area contributed by atoms with Gasteiger partial charge in [0.25, 0.3) is 0 Å². The maximum Gasteiger partial charge on any atom is 0.243 e. The number of sulfonamides is 1. The van der Waals surface area contributed by atoms with Gasteiger partial charge in [-0.1, -0.05) is 6.07 Å². The first kappa shape index (κ1) is 23.5. The van der Waals surface area contributed by atoms with Crippen LogP contribution >= 0.6 is 12.4 Å². The van der Waals surface area contributed by atoms with Crippen LogP contribution in [0.3, 0.4) is 0 Å². The van der Waals surface area contributed by atoms with Crippen LogP contribution in [0, 0.1) is 12.7 Å². The second-order valence-electron chi connectivity index (χ2n) is 7.42. The molecule has 0 unspecified atom stereocenters. The third-order valence-corrected chi connectivity index (χ3v) is 7.62. The lowest BCUT2D eigenvalue weighted by Gasteiger charge is -2.43.